The van der Waals surface area contributed by atoms with Crippen LogP contribution in [0.2, 0.25) is 0 Å². The van der Waals surface area contributed by atoms with Crippen molar-refractivity contribution in [2.75, 3.05) is 13.1 Å². The van der Waals surface area contributed by atoms with Gasteiger partial charge in [-0.15, -0.1) is 0 Å². The van der Waals surface area contributed by atoms with E-state index >= 15 is 0 Å². The van der Waals surface area contributed by atoms with Crippen LogP contribution in [-0.4, -0.2) is 51.9 Å². The normalized spacial score (nSPS) is 15.9. The lowest BCUT2D eigenvalue weighted by Gasteiger charge is -2.31. The second-order valence-electron chi connectivity index (χ2n) is 9.18. The van der Waals surface area contributed by atoms with E-state index in [4.69, 9.17) is 4.98 Å². The van der Waals surface area contributed by atoms with E-state index in [1.165, 1.54) is 0 Å². The molecule has 174 valence electrons. The molecule has 1 N–H and O–H groups in total. The average molecular weight is 443 g/mol. The summed E-state index contributed by atoms with van der Waals surface area (Å²) in [6.07, 6.45) is 8.14. The van der Waals surface area contributed by atoms with Crippen molar-refractivity contribution in [3.63, 3.8) is 0 Å². The molecule has 0 atom stereocenters. The molecule has 10 heteroatoms. The molecule has 32 heavy (non-hydrogen) atoms. The van der Waals surface area contributed by atoms with Gasteiger partial charge in [0, 0.05) is 26.2 Å². The van der Waals surface area contributed by atoms with Gasteiger partial charge in [-0.05, 0) is 31.6 Å². The molecular formula is C22H34N8O2. The predicted octanol–water partition coefficient (Wildman–Crippen LogP) is 2.16. The SMILES string of the molecule is CCCCn1c(=O)[nH]c(=O)c2c1nc(CN1CCC(n3cncn3)CC1)n2CCC(C)C. The predicted molar refractivity (Wildman–Crippen MR) is 123 cm³/mol. The number of aromatic amines is 1. The van der Waals surface area contributed by atoms with Crippen LogP contribution in [-0.2, 0) is 19.6 Å². The van der Waals surface area contributed by atoms with Gasteiger partial charge < -0.3 is 4.57 Å². The number of rotatable bonds is 9. The Labute approximate surface area is 187 Å². The minimum absolute atomic E-state index is 0.342. The van der Waals surface area contributed by atoms with Crippen LogP contribution in [0.4, 0.5) is 0 Å². The first kappa shape index (κ1) is 22.4. The van der Waals surface area contributed by atoms with Crippen LogP contribution < -0.4 is 11.2 Å². The maximum Gasteiger partial charge on any atom is 0.330 e. The van der Waals surface area contributed by atoms with Crippen LogP contribution in [0, 0.1) is 5.92 Å². The molecule has 0 saturated carbocycles. The fourth-order valence-corrected chi connectivity index (χ4v) is 4.44. The lowest BCUT2D eigenvalue weighted by Crippen LogP contribution is -2.35. The van der Waals surface area contributed by atoms with Gasteiger partial charge in [-0.2, -0.15) is 5.10 Å². The van der Waals surface area contributed by atoms with Crippen molar-refractivity contribution in [2.24, 2.45) is 5.92 Å². The zero-order valence-corrected chi connectivity index (χ0v) is 19.3. The fraction of sp³-hybridized carbons (Fsp3) is 0.682. The Kier molecular flexibility index (Phi) is 6.88. The van der Waals surface area contributed by atoms with Crippen LogP contribution in [0.5, 0.6) is 0 Å². The average Bonchev–Trinajstić information content (AvgIpc) is 3.41. The number of likely N-dealkylation sites (tertiary alicyclic amines) is 1. The van der Waals surface area contributed by atoms with E-state index in [-0.39, 0.29) is 11.2 Å². The highest BCUT2D eigenvalue weighted by Crippen LogP contribution is 2.23. The fourth-order valence-electron chi connectivity index (χ4n) is 4.44. The third kappa shape index (κ3) is 4.69. The standard InChI is InChI=1S/C22H34N8O2/c1-4-5-9-29-20-19(21(31)26-22(29)32)28(12-6-16(2)3)18(25-20)13-27-10-7-17(8-11-27)30-15-23-14-24-30/h14-17H,4-13H2,1-3H3,(H,26,31,32). The summed E-state index contributed by atoms with van der Waals surface area (Å²) in [7, 11) is 0. The second kappa shape index (κ2) is 9.81. The molecule has 0 spiro atoms. The summed E-state index contributed by atoms with van der Waals surface area (Å²) in [5.41, 5.74) is 0.326. The summed E-state index contributed by atoms with van der Waals surface area (Å²) in [5, 5.41) is 4.28. The van der Waals surface area contributed by atoms with Crippen molar-refractivity contribution in [3.05, 3.63) is 39.3 Å². The van der Waals surface area contributed by atoms with Gasteiger partial charge in [0.2, 0.25) is 0 Å². The third-order valence-corrected chi connectivity index (χ3v) is 6.36. The highest BCUT2D eigenvalue weighted by molar-refractivity contribution is 5.71. The minimum atomic E-state index is -0.371. The smallest absolute Gasteiger partial charge is 0.321 e. The number of nitrogens with one attached hydrogen (secondary N) is 1. The van der Waals surface area contributed by atoms with Gasteiger partial charge in [0.25, 0.3) is 5.56 Å². The second-order valence-corrected chi connectivity index (χ2v) is 9.18. The van der Waals surface area contributed by atoms with Crippen molar-refractivity contribution < 1.29 is 0 Å². The van der Waals surface area contributed by atoms with Crippen LogP contribution in [0.3, 0.4) is 0 Å². The first-order valence-electron chi connectivity index (χ1n) is 11.8. The molecule has 4 heterocycles. The summed E-state index contributed by atoms with van der Waals surface area (Å²) in [4.78, 5) is 39.2. The molecule has 3 aromatic heterocycles. The van der Waals surface area contributed by atoms with E-state index in [1.807, 2.05) is 9.25 Å². The summed E-state index contributed by atoms with van der Waals surface area (Å²) in [6.45, 7) is 10.2. The summed E-state index contributed by atoms with van der Waals surface area (Å²) < 4.78 is 5.62. The zero-order valence-electron chi connectivity index (χ0n) is 19.3. The van der Waals surface area contributed by atoms with E-state index in [0.29, 0.717) is 42.8 Å². The van der Waals surface area contributed by atoms with E-state index in [2.05, 4.69) is 40.7 Å². The molecule has 0 unspecified atom stereocenters. The topological polar surface area (TPSA) is 107 Å². The molecule has 1 aliphatic heterocycles. The first-order chi connectivity index (χ1) is 15.5. The van der Waals surface area contributed by atoms with E-state index in [9.17, 15) is 9.59 Å². The number of aromatic nitrogens is 7. The van der Waals surface area contributed by atoms with Crippen molar-refractivity contribution in [1.82, 2.24) is 38.8 Å². The van der Waals surface area contributed by atoms with Crippen LogP contribution in [0.25, 0.3) is 11.2 Å². The maximum absolute atomic E-state index is 12.8. The Balaban J connectivity index is 1.63. The molecule has 1 saturated heterocycles. The Hall–Kier alpha value is -2.75. The van der Waals surface area contributed by atoms with Gasteiger partial charge in [0.05, 0.1) is 12.6 Å². The summed E-state index contributed by atoms with van der Waals surface area (Å²) in [6, 6.07) is 0.371. The number of hydrogen-bond donors (Lipinski definition) is 1. The van der Waals surface area contributed by atoms with Gasteiger partial charge in [-0.25, -0.2) is 19.4 Å². The third-order valence-electron chi connectivity index (χ3n) is 6.36. The number of hydrogen-bond acceptors (Lipinski definition) is 6. The lowest BCUT2D eigenvalue weighted by molar-refractivity contribution is 0.168. The number of unbranched alkanes of at least 4 members (excludes halogenated alkanes) is 1. The molecule has 3 aromatic rings. The molecule has 1 aliphatic rings. The first-order valence-corrected chi connectivity index (χ1v) is 11.8. The van der Waals surface area contributed by atoms with Crippen LogP contribution >= 0.6 is 0 Å². The van der Waals surface area contributed by atoms with Gasteiger partial charge >= 0.3 is 5.69 Å². The van der Waals surface area contributed by atoms with E-state index in [1.54, 1.807) is 17.2 Å². The quantitative estimate of drug-likeness (QED) is 0.544. The van der Waals surface area contributed by atoms with E-state index in [0.717, 1.165) is 51.0 Å². The monoisotopic (exact) mass is 442 g/mol. The molecule has 0 bridgehead atoms. The summed E-state index contributed by atoms with van der Waals surface area (Å²) in [5.74, 6) is 1.37. The molecule has 0 amide bonds. The zero-order chi connectivity index (χ0) is 22.7. The van der Waals surface area contributed by atoms with Crippen molar-refractivity contribution in [3.8, 4) is 0 Å². The van der Waals surface area contributed by atoms with Gasteiger partial charge in [0.1, 0.15) is 18.5 Å². The molecule has 1 fully saturated rings. The van der Waals surface area contributed by atoms with Crippen molar-refractivity contribution >= 4 is 11.2 Å². The largest absolute Gasteiger partial charge is 0.330 e. The number of fused-ring (bicyclic) bond motifs is 1. The van der Waals surface area contributed by atoms with E-state index < -0.39 is 0 Å². The van der Waals surface area contributed by atoms with Crippen molar-refractivity contribution in [1.29, 1.82) is 0 Å². The van der Waals surface area contributed by atoms with Crippen molar-refractivity contribution in [2.45, 2.75) is 78.6 Å². The molecule has 4 rings (SSSR count). The number of H-pyrrole nitrogens is 1. The molecular weight excluding hydrogens is 408 g/mol. The summed E-state index contributed by atoms with van der Waals surface area (Å²) >= 11 is 0. The molecule has 0 radical (unpaired) electrons. The van der Waals surface area contributed by atoms with Gasteiger partial charge in [-0.3, -0.25) is 19.2 Å². The van der Waals surface area contributed by atoms with Crippen LogP contribution in [0.15, 0.2) is 22.2 Å². The van der Waals surface area contributed by atoms with Crippen LogP contribution in [0.1, 0.15) is 64.7 Å². The number of nitrogens with zero attached hydrogens (tertiary/aromatic N) is 7. The number of piperidine rings is 1. The molecule has 0 aliphatic carbocycles. The Bertz CT molecular complexity index is 1130. The highest BCUT2D eigenvalue weighted by atomic mass is 16.2. The molecule has 10 nitrogen and oxygen atoms in total. The number of imidazole rings is 1. The lowest BCUT2D eigenvalue weighted by atomic mass is 10.1. The molecule has 0 aromatic carbocycles. The Morgan fingerprint density at radius 1 is 1.16 bits per heavy atom. The maximum atomic E-state index is 12.8. The Morgan fingerprint density at radius 3 is 2.59 bits per heavy atom. The van der Waals surface area contributed by atoms with Gasteiger partial charge in [-0.1, -0.05) is 27.2 Å². The Morgan fingerprint density at radius 2 is 1.94 bits per heavy atom. The minimum Gasteiger partial charge on any atom is -0.321 e. The number of aryl methyl sites for hydroxylation is 2. The highest BCUT2D eigenvalue weighted by Gasteiger charge is 2.24. The van der Waals surface area contributed by atoms with Gasteiger partial charge in [0.15, 0.2) is 11.2 Å².